The number of rotatable bonds is 4. The van der Waals surface area contributed by atoms with E-state index in [2.05, 4.69) is 26.2 Å². The number of nitrogens with one attached hydrogen (secondary N) is 1. The topological polar surface area (TPSA) is 48.5 Å². The number of amides is 1. The van der Waals surface area contributed by atoms with Gasteiger partial charge in [0, 0.05) is 44.5 Å². The van der Waals surface area contributed by atoms with Gasteiger partial charge in [-0.25, -0.2) is 0 Å². The molecule has 1 aromatic rings. The lowest BCUT2D eigenvalue weighted by Gasteiger charge is -2.34. The molecule has 21 heavy (non-hydrogen) atoms. The van der Waals surface area contributed by atoms with E-state index in [0.29, 0.717) is 6.54 Å². The van der Waals surface area contributed by atoms with Gasteiger partial charge in [-0.05, 0) is 32.9 Å². The Hall–Kier alpha value is -1.46. The second-order valence-electron chi connectivity index (χ2n) is 6.67. The summed E-state index contributed by atoms with van der Waals surface area (Å²) in [6.45, 7) is 11.3. The predicted molar refractivity (Wildman–Crippen MR) is 83.8 cm³/mol. The van der Waals surface area contributed by atoms with Gasteiger partial charge in [0.2, 0.25) is 5.91 Å². The number of carbonyl (C=O) groups excluding carboxylic acids is 1. The van der Waals surface area contributed by atoms with Crippen LogP contribution in [-0.4, -0.2) is 59.0 Å². The summed E-state index contributed by atoms with van der Waals surface area (Å²) in [5.41, 5.74) is 0.953. The smallest absolute Gasteiger partial charge is 0.234 e. The number of aromatic nitrogens is 1. The highest BCUT2D eigenvalue weighted by Gasteiger charge is 2.21. The van der Waals surface area contributed by atoms with Crippen LogP contribution >= 0.6 is 0 Å². The van der Waals surface area contributed by atoms with Crippen molar-refractivity contribution in [2.75, 3.05) is 32.7 Å². The van der Waals surface area contributed by atoms with E-state index in [0.717, 1.165) is 38.4 Å². The first-order chi connectivity index (χ1) is 9.92. The Morgan fingerprint density at radius 2 is 1.86 bits per heavy atom. The fraction of sp³-hybridized carbons (Fsp3) is 0.625. The molecule has 1 saturated heterocycles. The molecule has 2 heterocycles. The summed E-state index contributed by atoms with van der Waals surface area (Å²) < 4.78 is 0. The van der Waals surface area contributed by atoms with Crippen LogP contribution in [0.2, 0.25) is 0 Å². The Kier molecular flexibility index (Phi) is 5.31. The molecule has 0 aromatic carbocycles. The molecule has 1 N–H and O–H groups in total. The van der Waals surface area contributed by atoms with Gasteiger partial charge in [-0.15, -0.1) is 0 Å². The first-order valence-electron chi connectivity index (χ1n) is 7.58. The first-order valence-corrected chi connectivity index (χ1v) is 7.58. The number of pyridine rings is 1. The second kappa shape index (κ2) is 7.00. The highest BCUT2D eigenvalue weighted by Crippen LogP contribution is 2.07. The maximum Gasteiger partial charge on any atom is 0.234 e. The van der Waals surface area contributed by atoms with Crippen LogP contribution in [0.3, 0.4) is 0 Å². The molecule has 0 aliphatic carbocycles. The van der Waals surface area contributed by atoms with E-state index in [1.54, 1.807) is 0 Å². The highest BCUT2D eigenvalue weighted by molar-refractivity contribution is 5.78. The third-order valence-corrected chi connectivity index (χ3v) is 3.46. The molecule has 1 aromatic heterocycles. The standard InChI is InChI=1S/C16H26N4O/c1-16(2,3)18-15(21)13-20-10-8-19(9-11-20)12-14-6-4-5-7-17-14/h4-7H,8-13H2,1-3H3,(H,18,21). The van der Waals surface area contributed by atoms with Crippen molar-refractivity contribution >= 4 is 5.91 Å². The van der Waals surface area contributed by atoms with Crippen LogP contribution in [0.25, 0.3) is 0 Å². The van der Waals surface area contributed by atoms with E-state index in [9.17, 15) is 4.79 Å². The number of nitrogens with zero attached hydrogens (tertiary/aromatic N) is 3. The molecule has 1 aliphatic heterocycles. The van der Waals surface area contributed by atoms with Crippen LogP contribution in [0, 0.1) is 0 Å². The maximum absolute atomic E-state index is 11.9. The van der Waals surface area contributed by atoms with Crippen LogP contribution in [0.5, 0.6) is 0 Å². The van der Waals surface area contributed by atoms with Crippen molar-refractivity contribution in [3.05, 3.63) is 30.1 Å². The Morgan fingerprint density at radius 1 is 1.19 bits per heavy atom. The van der Waals surface area contributed by atoms with Crippen molar-refractivity contribution in [2.24, 2.45) is 0 Å². The van der Waals surface area contributed by atoms with E-state index >= 15 is 0 Å². The largest absolute Gasteiger partial charge is 0.350 e. The van der Waals surface area contributed by atoms with E-state index in [1.165, 1.54) is 0 Å². The normalized spacial score (nSPS) is 17.7. The zero-order valence-electron chi connectivity index (χ0n) is 13.3. The minimum absolute atomic E-state index is 0.112. The molecule has 5 nitrogen and oxygen atoms in total. The molecule has 0 bridgehead atoms. The Bertz CT molecular complexity index is 447. The Balaban J connectivity index is 1.72. The summed E-state index contributed by atoms with van der Waals surface area (Å²) in [5, 5.41) is 3.01. The molecule has 2 rings (SSSR count). The van der Waals surface area contributed by atoms with Crippen molar-refractivity contribution < 1.29 is 4.79 Å². The van der Waals surface area contributed by atoms with Crippen molar-refractivity contribution in [2.45, 2.75) is 32.9 Å². The van der Waals surface area contributed by atoms with Gasteiger partial charge in [0.15, 0.2) is 0 Å². The first kappa shape index (κ1) is 15.9. The minimum Gasteiger partial charge on any atom is -0.350 e. The Morgan fingerprint density at radius 3 is 2.43 bits per heavy atom. The van der Waals surface area contributed by atoms with Gasteiger partial charge >= 0.3 is 0 Å². The lowest BCUT2D eigenvalue weighted by Crippen LogP contribution is -2.51. The molecule has 0 unspecified atom stereocenters. The fourth-order valence-corrected chi connectivity index (χ4v) is 2.49. The van der Waals surface area contributed by atoms with Gasteiger partial charge in [0.25, 0.3) is 0 Å². The molecular weight excluding hydrogens is 264 g/mol. The minimum atomic E-state index is -0.155. The van der Waals surface area contributed by atoms with Gasteiger partial charge < -0.3 is 5.32 Å². The van der Waals surface area contributed by atoms with Crippen molar-refractivity contribution in [1.82, 2.24) is 20.1 Å². The van der Waals surface area contributed by atoms with E-state index in [1.807, 2.05) is 39.1 Å². The third-order valence-electron chi connectivity index (χ3n) is 3.46. The van der Waals surface area contributed by atoms with Crippen LogP contribution in [0.15, 0.2) is 24.4 Å². The van der Waals surface area contributed by atoms with Crippen molar-refractivity contribution in [1.29, 1.82) is 0 Å². The molecular formula is C16H26N4O. The summed E-state index contributed by atoms with van der Waals surface area (Å²) in [5.74, 6) is 0.112. The zero-order valence-corrected chi connectivity index (χ0v) is 13.3. The predicted octanol–water partition coefficient (Wildman–Crippen LogP) is 1.11. The average Bonchev–Trinajstić information content (AvgIpc) is 2.40. The van der Waals surface area contributed by atoms with E-state index < -0.39 is 0 Å². The number of carbonyl (C=O) groups is 1. The Labute approximate surface area is 127 Å². The molecule has 116 valence electrons. The molecule has 5 heteroatoms. The van der Waals surface area contributed by atoms with Crippen LogP contribution in [0.4, 0.5) is 0 Å². The summed E-state index contributed by atoms with van der Waals surface area (Å²) in [6, 6.07) is 6.02. The molecule has 0 atom stereocenters. The number of hydrogen-bond donors (Lipinski definition) is 1. The lowest BCUT2D eigenvalue weighted by molar-refractivity contribution is -0.124. The van der Waals surface area contributed by atoms with Gasteiger partial charge in [-0.3, -0.25) is 19.6 Å². The van der Waals surface area contributed by atoms with Crippen LogP contribution in [0.1, 0.15) is 26.5 Å². The monoisotopic (exact) mass is 290 g/mol. The molecule has 0 radical (unpaired) electrons. The number of piperazine rings is 1. The fourth-order valence-electron chi connectivity index (χ4n) is 2.49. The highest BCUT2D eigenvalue weighted by atomic mass is 16.2. The summed E-state index contributed by atoms with van der Waals surface area (Å²) in [7, 11) is 0. The maximum atomic E-state index is 11.9. The molecule has 1 aliphatic rings. The number of hydrogen-bond acceptors (Lipinski definition) is 4. The molecule has 0 spiro atoms. The summed E-state index contributed by atoms with van der Waals surface area (Å²) >= 11 is 0. The van der Waals surface area contributed by atoms with Gasteiger partial charge in [0.1, 0.15) is 0 Å². The summed E-state index contributed by atoms with van der Waals surface area (Å²) in [4.78, 5) is 20.9. The van der Waals surface area contributed by atoms with Crippen molar-refractivity contribution in [3.8, 4) is 0 Å². The average molecular weight is 290 g/mol. The lowest BCUT2D eigenvalue weighted by atomic mass is 10.1. The van der Waals surface area contributed by atoms with Crippen molar-refractivity contribution in [3.63, 3.8) is 0 Å². The SMILES string of the molecule is CC(C)(C)NC(=O)CN1CCN(Cc2ccccn2)CC1. The third kappa shape index (κ3) is 5.81. The molecule has 1 fully saturated rings. The molecule has 1 amide bonds. The zero-order chi connectivity index (χ0) is 15.3. The second-order valence-corrected chi connectivity index (χ2v) is 6.67. The van der Waals surface area contributed by atoms with Gasteiger partial charge in [-0.1, -0.05) is 6.07 Å². The summed E-state index contributed by atoms with van der Waals surface area (Å²) in [6.07, 6.45) is 1.84. The van der Waals surface area contributed by atoms with E-state index in [-0.39, 0.29) is 11.4 Å². The van der Waals surface area contributed by atoms with Gasteiger partial charge in [-0.2, -0.15) is 0 Å². The molecule has 0 saturated carbocycles. The van der Waals surface area contributed by atoms with Gasteiger partial charge in [0.05, 0.1) is 12.2 Å². The quantitative estimate of drug-likeness (QED) is 0.902. The van der Waals surface area contributed by atoms with Crippen LogP contribution in [-0.2, 0) is 11.3 Å². The van der Waals surface area contributed by atoms with Crippen LogP contribution < -0.4 is 5.32 Å². The van der Waals surface area contributed by atoms with E-state index in [4.69, 9.17) is 0 Å².